The maximum atomic E-state index is 14.2. The van der Waals surface area contributed by atoms with Gasteiger partial charge in [-0.05, 0) is 60.9 Å². The average Bonchev–Trinajstić information content (AvgIpc) is 2.93. The van der Waals surface area contributed by atoms with E-state index in [1.165, 1.54) is 7.11 Å². The van der Waals surface area contributed by atoms with Gasteiger partial charge in [-0.3, -0.25) is 9.51 Å². The van der Waals surface area contributed by atoms with E-state index in [4.69, 9.17) is 20.6 Å². The molecular weight excluding hydrogens is 491 g/mol. The van der Waals surface area contributed by atoms with Gasteiger partial charge < -0.3 is 4.52 Å². The Morgan fingerprint density at radius 1 is 0.861 bits per heavy atom. The zero-order valence-electron chi connectivity index (χ0n) is 20.4. The number of rotatable bonds is 11. The molecule has 1 aromatic heterocycles. The maximum absolute atomic E-state index is 14.2. The third kappa shape index (κ3) is 6.43. The fourth-order valence-electron chi connectivity index (χ4n) is 4.26. The molecule has 0 fully saturated rings. The van der Waals surface area contributed by atoms with E-state index >= 15 is 0 Å². The first kappa shape index (κ1) is 26.1. The van der Waals surface area contributed by atoms with Crippen molar-refractivity contribution in [1.82, 2.24) is 9.65 Å². The van der Waals surface area contributed by atoms with Gasteiger partial charge in [0.25, 0.3) is 0 Å². The molecule has 0 bridgehead atoms. The molecule has 0 saturated heterocycles. The van der Waals surface area contributed by atoms with Crippen LogP contribution < -0.4 is 4.52 Å². The van der Waals surface area contributed by atoms with Crippen LogP contribution in [-0.2, 0) is 9.09 Å². The number of pyridine rings is 1. The molecule has 36 heavy (non-hydrogen) atoms. The van der Waals surface area contributed by atoms with Crippen molar-refractivity contribution in [1.29, 1.82) is 0 Å². The second kappa shape index (κ2) is 12.3. The van der Waals surface area contributed by atoms with E-state index < -0.39 is 7.75 Å². The highest BCUT2D eigenvalue weighted by atomic mass is 35.5. The Bertz CT molecular complexity index is 1260. The largest absolute Gasteiger partial charge is 0.461 e. The summed E-state index contributed by atoms with van der Waals surface area (Å²) in [5.41, 5.74) is 3.04. The number of benzene rings is 3. The van der Waals surface area contributed by atoms with Crippen LogP contribution in [0, 0.1) is 0 Å². The van der Waals surface area contributed by atoms with Crippen LogP contribution in [0.2, 0.25) is 5.02 Å². The highest BCUT2D eigenvalue weighted by Crippen LogP contribution is 2.55. The third-order valence-electron chi connectivity index (χ3n) is 6.20. The van der Waals surface area contributed by atoms with Crippen LogP contribution in [0.25, 0.3) is 0 Å². The number of hydrogen-bond donors (Lipinski definition) is 0. The first-order chi connectivity index (χ1) is 17.5. The minimum absolute atomic E-state index is 0.0315. The van der Waals surface area contributed by atoms with Gasteiger partial charge in [0.15, 0.2) is 0 Å². The van der Waals surface area contributed by atoms with E-state index in [2.05, 4.69) is 4.98 Å². The number of aromatic nitrogens is 1. The molecule has 4 rings (SSSR count). The summed E-state index contributed by atoms with van der Waals surface area (Å²) >= 11 is 6.16. The van der Waals surface area contributed by atoms with Crippen LogP contribution in [0.3, 0.4) is 0 Å². The van der Waals surface area contributed by atoms with Crippen molar-refractivity contribution < 1.29 is 13.6 Å². The Morgan fingerprint density at radius 2 is 1.50 bits per heavy atom. The molecule has 0 N–H and O–H groups in total. The predicted octanol–water partition coefficient (Wildman–Crippen LogP) is 8.15. The van der Waals surface area contributed by atoms with Crippen molar-refractivity contribution in [2.45, 2.75) is 25.3 Å². The van der Waals surface area contributed by atoms with E-state index in [0.29, 0.717) is 23.7 Å². The summed E-state index contributed by atoms with van der Waals surface area (Å²) in [4.78, 5) is 4.63. The van der Waals surface area contributed by atoms with E-state index in [9.17, 15) is 4.57 Å². The third-order valence-corrected chi connectivity index (χ3v) is 8.53. The van der Waals surface area contributed by atoms with Crippen molar-refractivity contribution in [2.75, 3.05) is 13.7 Å². The molecule has 5 nitrogen and oxygen atoms in total. The summed E-state index contributed by atoms with van der Waals surface area (Å²) in [6.07, 6.45) is 2.43. The van der Waals surface area contributed by atoms with Crippen molar-refractivity contribution in [3.8, 4) is 5.75 Å². The van der Waals surface area contributed by atoms with Crippen molar-refractivity contribution in [3.63, 3.8) is 0 Å². The molecule has 0 aliphatic heterocycles. The molecule has 0 saturated carbocycles. The van der Waals surface area contributed by atoms with Gasteiger partial charge in [0.1, 0.15) is 5.75 Å². The topological polar surface area (TPSA) is 51.7 Å². The number of nitrogens with zero attached hydrogens (tertiary/aromatic N) is 2. The quantitative estimate of drug-likeness (QED) is 0.187. The molecule has 3 atom stereocenters. The Morgan fingerprint density at radius 3 is 2.11 bits per heavy atom. The van der Waals surface area contributed by atoms with Gasteiger partial charge in [-0.15, -0.1) is 0 Å². The second-order valence-corrected chi connectivity index (χ2v) is 10.9. The van der Waals surface area contributed by atoms with Crippen LogP contribution in [0.4, 0.5) is 0 Å². The molecule has 0 radical (unpaired) electrons. The molecular formula is C29H30ClN2O3P. The SMILES string of the molecule is COP(=O)(Oc1ccccc1)N(CCC(c1ccc(Cl)cc1)c1ccccn1)C(C)c1ccccc1. The van der Waals surface area contributed by atoms with E-state index in [0.717, 1.165) is 16.8 Å². The first-order valence-corrected chi connectivity index (χ1v) is 13.8. The fraction of sp³-hybridized carbons (Fsp3) is 0.207. The van der Waals surface area contributed by atoms with E-state index in [-0.39, 0.29) is 12.0 Å². The van der Waals surface area contributed by atoms with Gasteiger partial charge in [-0.25, -0.2) is 4.57 Å². The van der Waals surface area contributed by atoms with Gasteiger partial charge in [0.2, 0.25) is 0 Å². The lowest BCUT2D eigenvalue weighted by molar-refractivity contribution is 0.212. The van der Waals surface area contributed by atoms with Crippen LogP contribution in [0.15, 0.2) is 109 Å². The Kier molecular flexibility index (Phi) is 8.95. The van der Waals surface area contributed by atoms with Crippen molar-refractivity contribution in [3.05, 3.63) is 131 Å². The smallest absolute Gasteiger partial charge is 0.413 e. The lowest BCUT2D eigenvalue weighted by Gasteiger charge is -2.35. The summed E-state index contributed by atoms with van der Waals surface area (Å²) in [5.74, 6) is 0.461. The zero-order valence-corrected chi connectivity index (χ0v) is 22.1. The van der Waals surface area contributed by atoms with Crippen LogP contribution >= 0.6 is 19.3 Å². The van der Waals surface area contributed by atoms with E-state index in [1.807, 2.05) is 103 Å². The van der Waals surface area contributed by atoms with Crippen LogP contribution in [-0.4, -0.2) is 23.3 Å². The lowest BCUT2D eigenvalue weighted by atomic mass is 9.92. The van der Waals surface area contributed by atoms with Crippen molar-refractivity contribution in [2.24, 2.45) is 0 Å². The Labute approximate surface area is 218 Å². The Balaban J connectivity index is 1.68. The molecule has 3 aromatic carbocycles. The van der Waals surface area contributed by atoms with E-state index in [1.54, 1.807) is 18.3 Å². The minimum Gasteiger partial charge on any atom is -0.413 e. The van der Waals surface area contributed by atoms with Crippen molar-refractivity contribution >= 4 is 19.3 Å². The maximum Gasteiger partial charge on any atom is 0.461 e. The van der Waals surface area contributed by atoms with Crippen LogP contribution in [0.1, 0.15) is 42.1 Å². The zero-order chi connectivity index (χ0) is 25.4. The average molecular weight is 521 g/mol. The molecule has 7 heteroatoms. The molecule has 4 aromatic rings. The second-order valence-electron chi connectivity index (χ2n) is 8.45. The molecule has 0 spiro atoms. The molecule has 186 valence electrons. The summed E-state index contributed by atoms with van der Waals surface area (Å²) in [6.45, 7) is 2.46. The molecule has 0 amide bonds. The molecule has 0 aliphatic carbocycles. The standard InChI is InChI=1S/C29H30ClN2O3P/c1-23(24-11-5-3-6-12-24)32(36(33,34-2)35-27-13-7-4-8-14-27)22-20-28(29-15-9-10-21-31-29)25-16-18-26(30)19-17-25/h3-19,21,23,28H,20,22H2,1-2H3. The first-order valence-electron chi connectivity index (χ1n) is 11.9. The number of hydrogen-bond acceptors (Lipinski definition) is 4. The predicted molar refractivity (Wildman–Crippen MR) is 145 cm³/mol. The molecule has 3 unspecified atom stereocenters. The van der Waals surface area contributed by atoms with Crippen LogP contribution in [0.5, 0.6) is 5.75 Å². The molecule has 1 heterocycles. The normalized spacial score (nSPS) is 14.7. The molecule has 0 aliphatic rings. The monoisotopic (exact) mass is 520 g/mol. The highest BCUT2D eigenvalue weighted by Gasteiger charge is 2.38. The fourth-order valence-corrected chi connectivity index (χ4v) is 6.09. The summed E-state index contributed by atoms with van der Waals surface area (Å²) < 4.78 is 27.8. The van der Waals surface area contributed by atoms with Gasteiger partial charge >= 0.3 is 7.75 Å². The lowest BCUT2D eigenvalue weighted by Crippen LogP contribution is -2.29. The Hall–Kier alpha value is -2.95. The summed E-state index contributed by atoms with van der Waals surface area (Å²) in [5, 5.41) is 0.679. The summed E-state index contributed by atoms with van der Waals surface area (Å²) in [7, 11) is -2.27. The van der Waals surface area contributed by atoms with Gasteiger partial charge in [-0.2, -0.15) is 4.67 Å². The number of para-hydroxylation sites is 1. The van der Waals surface area contributed by atoms with Gasteiger partial charge in [-0.1, -0.05) is 78.3 Å². The highest BCUT2D eigenvalue weighted by molar-refractivity contribution is 7.51. The minimum atomic E-state index is -3.71. The van der Waals surface area contributed by atoms with Gasteiger partial charge in [0.05, 0.1) is 0 Å². The number of halogens is 1. The van der Waals surface area contributed by atoms with Gasteiger partial charge in [0, 0.05) is 42.5 Å². The summed E-state index contributed by atoms with van der Waals surface area (Å²) in [6, 6.07) is 32.6.